The Bertz CT molecular complexity index is 3810. The van der Waals surface area contributed by atoms with Gasteiger partial charge >= 0.3 is 0 Å². The van der Waals surface area contributed by atoms with Crippen molar-refractivity contribution in [2.75, 3.05) is 9.80 Å². The fourth-order valence-corrected chi connectivity index (χ4v) is 16.0. The van der Waals surface area contributed by atoms with Crippen molar-refractivity contribution >= 4 is 57.2 Å². The van der Waals surface area contributed by atoms with E-state index in [1.54, 1.807) is 11.1 Å². The molecule has 7 aliphatic rings. The second kappa shape index (κ2) is 16.7. The number of aryl methyl sites for hydroxylation is 1. The summed E-state index contributed by atoms with van der Waals surface area (Å²) >= 11 is 0. The molecule has 358 valence electrons. The van der Waals surface area contributed by atoms with E-state index in [1.807, 2.05) is 0 Å². The maximum absolute atomic E-state index is 2.79. The Morgan fingerprint density at radius 1 is 0.373 bits per heavy atom. The van der Waals surface area contributed by atoms with Gasteiger partial charge in [-0.3, -0.25) is 0 Å². The van der Waals surface area contributed by atoms with Gasteiger partial charge in [0.2, 0.25) is 0 Å². The van der Waals surface area contributed by atoms with Gasteiger partial charge in [-0.15, -0.1) is 0 Å². The third-order valence-corrected chi connectivity index (χ3v) is 18.9. The Kier molecular flexibility index (Phi) is 9.63. The summed E-state index contributed by atoms with van der Waals surface area (Å²) in [4.78, 5) is 5.42. The molecule has 3 aliphatic heterocycles. The lowest BCUT2D eigenvalue weighted by atomic mass is 9.32. The van der Waals surface area contributed by atoms with Crippen LogP contribution in [-0.2, 0) is 11.8 Å². The monoisotopic (exact) mass is 960 g/mol. The molecule has 0 unspecified atom stereocenters. The van der Waals surface area contributed by atoms with Gasteiger partial charge in [-0.05, 0) is 212 Å². The first-order valence-corrected chi connectivity index (χ1v) is 27.7. The second-order valence-corrected chi connectivity index (χ2v) is 22.7. The predicted molar refractivity (Wildman–Crippen MR) is 315 cm³/mol. The van der Waals surface area contributed by atoms with E-state index in [2.05, 4.69) is 247 Å². The van der Waals surface area contributed by atoms with Crippen molar-refractivity contribution in [2.45, 2.75) is 50.9 Å². The highest BCUT2D eigenvalue weighted by molar-refractivity contribution is 7.00. The number of rotatable bonds is 7. The molecular weight excluding hydrogens is 904 g/mol. The van der Waals surface area contributed by atoms with Gasteiger partial charge in [-0.1, -0.05) is 177 Å². The Labute approximate surface area is 442 Å². The van der Waals surface area contributed by atoms with Crippen LogP contribution < -0.4 is 26.2 Å². The van der Waals surface area contributed by atoms with E-state index in [4.69, 9.17) is 0 Å². The lowest BCUT2D eigenvalue weighted by Crippen LogP contribution is -2.64. The quantitative estimate of drug-likeness (QED) is 0.147. The maximum Gasteiger partial charge on any atom is 0.252 e. The summed E-state index contributed by atoms with van der Waals surface area (Å²) in [5.41, 5.74) is 28.8. The van der Waals surface area contributed by atoms with Crippen molar-refractivity contribution in [3.63, 3.8) is 0 Å². The zero-order chi connectivity index (χ0) is 49.4. The van der Waals surface area contributed by atoms with Crippen LogP contribution in [0, 0.1) is 23.7 Å². The molecule has 2 nitrogen and oxygen atoms in total. The minimum atomic E-state index is -0.0715. The Balaban J connectivity index is 1.05. The van der Waals surface area contributed by atoms with Crippen molar-refractivity contribution in [3.8, 4) is 55.6 Å². The summed E-state index contributed by atoms with van der Waals surface area (Å²) in [7, 11) is 0. The first-order valence-electron chi connectivity index (χ1n) is 27.7. The average molecular weight is 961 g/mol. The molecule has 0 aromatic heterocycles. The third-order valence-electron chi connectivity index (χ3n) is 18.9. The van der Waals surface area contributed by atoms with Crippen LogP contribution in [0.4, 0.5) is 34.1 Å². The molecule has 10 aromatic carbocycles. The van der Waals surface area contributed by atoms with Gasteiger partial charge < -0.3 is 9.80 Å². The van der Waals surface area contributed by atoms with Gasteiger partial charge in [-0.25, -0.2) is 0 Å². The van der Waals surface area contributed by atoms with Crippen LogP contribution in [0.2, 0.25) is 0 Å². The zero-order valence-electron chi connectivity index (χ0n) is 42.5. The molecule has 0 saturated heterocycles. The van der Waals surface area contributed by atoms with Crippen LogP contribution in [0.5, 0.6) is 0 Å². The molecule has 3 heteroatoms. The van der Waals surface area contributed by atoms with Crippen LogP contribution in [-0.4, -0.2) is 6.71 Å². The van der Waals surface area contributed by atoms with E-state index < -0.39 is 0 Å². The molecule has 0 radical (unpaired) electrons. The Morgan fingerprint density at radius 2 is 0.880 bits per heavy atom. The summed E-state index contributed by atoms with van der Waals surface area (Å²) in [6.07, 6.45) is 7.71. The number of nitrogens with zero attached hydrogens (tertiary/aromatic N) is 2. The molecule has 0 N–H and O–H groups in total. The van der Waals surface area contributed by atoms with Crippen molar-refractivity contribution in [1.82, 2.24) is 0 Å². The smallest absolute Gasteiger partial charge is 0.252 e. The van der Waals surface area contributed by atoms with Gasteiger partial charge in [0.05, 0.1) is 5.69 Å². The number of anilines is 6. The highest BCUT2D eigenvalue weighted by atomic mass is 15.2. The SMILES string of the molecule is CCc1cccc(N2c3ccc(-c4ccccc4)cc3B3c4cc(-c5ccccc5)cc5c4N(c4ccccc4C54C5CC6CC(C5)CC4C6)c4cc(-c5cc(-c6ccccc6)cc(-c6ccccc6)c5)cc2c43)c1. The first-order chi connectivity index (χ1) is 37.1. The largest absolute Gasteiger partial charge is 0.311 e. The molecule has 4 fully saturated rings. The summed E-state index contributed by atoms with van der Waals surface area (Å²) in [6.45, 7) is 2.25. The number of benzene rings is 10. The molecule has 10 aromatic rings. The predicted octanol–water partition coefficient (Wildman–Crippen LogP) is 16.7. The molecule has 4 bridgehead atoms. The van der Waals surface area contributed by atoms with Crippen molar-refractivity contribution < 1.29 is 0 Å². The maximum atomic E-state index is 2.79. The molecule has 1 spiro atoms. The minimum absolute atomic E-state index is 0.0309. The molecule has 17 rings (SSSR count). The molecule has 0 atom stereocenters. The molecule has 3 heterocycles. The number of hydrogen-bond acceptors (Lipinski definition) is 2. The highest BCUT2D eigenvalue weighted by Crippen LogP contribution is 2.70. The van der Waals surface area contributed by atoms with E-state index in [0.29, 0.717) is 11.8 Å². The fraction of sp³-hybridized carbons (Fsp3) is 0.167. The van der Waals surface area contributed by atoms with Crippen LogP contribution >= 0.6 is 0 Å². The van der Waals surface area contributed by atoms with Gasteiger partial charge in [0.25, 0.3) is 6.71 Å². The molecule has 75 heavy (non-hydrogen) atoms. The molecule has 0 amide bonds. The highest BCUT2D eigenvalue weighted by Gasteiger charge is 2.63. The normalized spacial score (nSPS) is 20.9. The van der Waals surface area contributed by atoms with Crippen molar-refractivity contribution in [2.24, 2.45) is 23.7 Å². The topological polar surface area (TPSA) is 6.48 Å². The average Bonchev–Trinajstić information content (AvgIpc) is 3.47. The van der Waals surface area contributed by atoms with Crippen LogP contribution in [0.25, 0.3) is 55.6 Å². The van der Waals surface area contributed by atoms with Crippen LogP contribution in [0.3, 0.4) is 0 Å². The Morgan fingerprint density at radius 3 is 1.48 bits per heavy atom. The molecule has 4 saturated carbocycles. The number of para-hydroxylation sites is 1. The van der Waals surface area contributed by atoms with E-state index in [-0.39, 0.29) is 12.1 Å². The lowest BCUT2D eigenvalue weighted by molar-refractivity contribution is -0.0418. The molecular formula is C72H57BN2. The third kappa shape index (κ3) is 6.46. The fourth-order valence-electron chi connectivity index (χ4n) is 16.0. The standard InChI is InChI=1S/C72H57BN2/c1-2-46-18-17-27-61(37-46)74-67-31-30-53(49-19-7-3-8-20-49)42-64(67)73-65-43-57(52-25-13-6-14-26-52)41-63-71(65)75(66-29-16-15-28-62(66)72(63)59-33-47-32-48(35-59)36-60(72)34-47)69-45-58(44-68(74)70(69)73)56-39-54(50-21-9-4-10-22-50)38-55(40-56)51-23-11-5-12-24-51/h3-31,37-45,47-48,59-60H,2,32-36H2,1H3. The van der Waals surface area contributed by atoms with Gasteiger partial charge in [0, 0.05) is 33.9 Å². The van der Waals surface area contributed by atoms with E-state index in [0.717, 1.165) is 18.3 Å². The zero-order valence-corrected chi connectivity index (χ0v) is 42.5. The van der Waals surface area contributed by atoms with E-state index in [9.17, 15) is 0 Å². The molecule has 4 aliphatic carbocycles. The van der Waals surface area contributed by atoms with E-state index in [1.165, 1.54) is 144 Å². The second-order valence-electron chi connectivity index (χ2n) is 22.7. The number of hydrogen-bond donors (Lipinski definition) is 0. The Hall–Kier alpha value is -8.14. The first kappa shape index (κ1) is 43.3. The number of fused-ring (bicyclic) bond motifs is 6. The summed E-state index contributed by atoms with van der Waals surface area (Å²) in [5.74, 6) is 2.90. The van der Waals surface area contributed by atoms with Crippen molar-refractivity contribution in [1.29, 1.82) is 0 Å². The minimum Gasteiger partial charge on any atom is -0.311 e. The van der Waals surface area contributed by atoms with E-state index >= 15 is 0 Å². The van der Waals surface area contributed by atoms with Crippen molar-refractivity contribution in [3.05, 3.63) is 247 Å². The van der Waals surface area contributed by atoms with Crippen LogP contribution in [0.15, 0.2) is 231 Å². The van der Waals surface area contributed by atoms with Crippen LogP contribution in [0.1, 0.15) is 55.7 Å². The van der Waals surface area contributed by atoms with Gasteiger partial charge in [-0.2, -0.15) is 0 Å². The van der Waals surface area contributed by atoms with Gasteiger partial charge in [0.1, 0.15) is 0 Å². The lowest BCUT2D eigenvalue weighted by Gasteiger charge is -2.64. The van der Waals surface area contributed by atoms with Gasteiger partial charge in [0.15, 0.2) is 0 Å². The summed E-state index contributed by atoms with van der Waals surface area (Å²) < 4.78 is 0. The summed E-state index contributed by atoms with van der Waals surface area (Å²) in [5, 5.41) is 0. The summed E-state index contributed by atoms with van der Waals surface area (Å²) in [6, 6.07) is 88.5.